The van der Waals surface area contributed by atoms with Gasteiger partial charge in [0.05, 0.1) is 13.2 Å². The molecule has 22 heavy (non-hydrogen) atoms. The van der Waals surface area contributed by atoms with E-state index in [0.29, 0.717) is 5.57 Å². The Labute approximate surface area is 130 Å². The summed E-state index contributed by atoms with van der Waals surface area (Å²) < 4.78 is 5.22. The fourth-order valence-electron chi connectivity index (χ4n) is 3.08. The van der Waals surface area contributed by atoms with Gasteiger partial charge >= 0.3 is 0 Å². The number of fused-ring (bicyclic) bond motifs is 1. The minimum atomic E-state index is -0.101. The predicted molar refractivity (Wildman–Crippen MR) is 88.4 cm³/mol. The zero-order chi connectivity index (χ0) is 15.5. The molecule has 0 saturated heterocycles. The molecule has 0 aliphatic carbocycles. The van der Waals surface area contributed by atoms with E-state index in [2.05, 4.69) is 23.6 Å². The molecule has 0 aromatic heterocycles. The predicted octanol–water partition coefficient (Wildman–Crippen LogP) is 3.55. The van der Waals surface area contributed by atoms with Crippen molar-refractivity contribution in [2.75, 3.05) is 18.6 Å². The van der Waals surface area contributed by atoms with Crippen LogP contribution in [0.4, 0.5) is 5.69 Å². The van der Waals surface area contributed by atoms with Crippen LogP contribution < -0.4 is 9.64 Å². The van der Waals surface area contributed by atoms with E-state index in [1.165, 1.54) is 11.1 Å². The second-order valence-corrected chi connectivity index (χ2v) is 5.44. The molecule has 1 aliphatic rings. The second-order valence-electron chi connectivity index (χ2n) is 5.44. The van der Waals surface area contributed by atoms with E-state index in [9.17, 15) is 4.79 Å². The van der Waals surface area contributed by atoms with Crippen LogP contribution in [0.15, 0.2) is 60.7 Å². The molecule has 1 atom stereocenters. The molecule has 1 heterocycles. The zero-order valence-corrected chi connectivity index (χ0v) is 12.7. The fourth-order valence-corrected chi connectivity index (χ4v) is 3.08. The normalized spacial score (nSPS) is 16.8. The van der Waals surface area contributed by atoms with E-state index in [0.717, 1.165) is 30.7 Å². The number of ether oxygens (including phenoxy) is 1. The van der Waals surface area contributed by atoms with E-state index in [1.807, 2.05) is 36.4 Å². The van der Waals surface area contributed by atoms with Gasteiger partial charge in [0.1, 0.15) is 12.0 Å². The van der Waals surface area contributed by atoms with Crippen molar-refractivity contribution in [1.29, 1.82) is 0 Å². The average Bonchev–Trinajstić information content (AvgIpc) is 2.60. The number of benzene rings is 2. The quantitative estimate of drug-likeness (QED) is 0.638. The van der Waals surface area contributed by atoms with Gasteiger partial charge < -0.3 is 9.64 Å². The van der Waals surface area contributed by atoms with Gasteiger partial charge in [-0.1, -0.05) is 30.8 Å². The molecular formula is C19H19NO2. The summed E-state index contributed by atoms with van der Waals surface area (Å²) in [5.74, 6) is 0.826. The van der Waals surface area contributed by atoms with Gasteiger partial charge in [0.25, 0.3) is 0 Å². The van der Waals surface area contributed by atoms with Crippen molar-refractivity contribution >= 4 is 12.0 Å². The summed E-state index contributed by atoms with van der Waals surface area (Å²) in [4.78, 5) is 13.6. The van der Waals surface area contributed by atoms with Crippen LogP contribution in [0.5, 0.6) is 5.75 Å². The topological polar surface area (TPSA) is 29.5 Å². The van der Waals surface area contributed by atoms with Gasteiger partial charge in [0, 0.05) is 17.8 Å². The lowest BCUT2D eigenvalue weighted by molar-refractivity contribution is -0.105. The highest BCUT2D eigenvalue weighted by molar-refractivity contribution is 5.77. The molecule has 2 aromatic carbocycles. The van der Waals surface area contributed by atoms with Gasteiger partial charge in [-0.3, -0.25) is 4.79 Å². The molecule has 0 fully saturated rings. The van der Waals surface area contributed by atoms with Crippen LogP contribution in [-0.4, -0.2) is 19.9 Å². The molecule has 0 bridgehead atoms. The first kappa shape index (κ1) is 14.4. The van der Waals surface area contributed by atoms with Crippen LogP contribution in [0.3, 0.4) is 0 Å². The van der Waals surface area contributed by atoms with Gasteiger partial charge in [-0.15, -0.1) is 0 Å². The Balaban J connectivity index is 2.02. The van der Waals surface area contributed by atoms with Crippen molar-refractivity contribution in [3.63, 3.8) is 0 Å². The lowest BCUT2D eigenvalue weighted by Crippen LogP contribution is -2.36. The Kier molecular flexibility index (Phi) is 3.96. The summed E-state index contributed by atoms with van der Waals surface area (Å²) in [5.41, 5.74) is 4.12. The third-order valence-electron chi connectivity index (χ3n) is 4.19. The first-order valence-electron chi connectivity index (χ1n) is 7.37. The fraction of sp³-hybridized carbons (Fsp3) is 0.211. The SMILES string of the molecule is C=C(C=O)[C@@H]1c2ccccc2CCN1c1ccc(OC)cc1. The molecule has 0 amide bonds. The highest BCUT2D eigenvalue weighted by Crippen LogP contribution is 2.37. The number of nitrogens with zero attached hydrogens (tertiary/aromatic N) is 1. The van der Waals surface area contributed by atoms with Crippen LogP contribution in [0, 0.1) is 0 Å². The zero-order valence-electron chi connectivity index (χ0n) is 12.7. The monoisotopic (exact) mass is 293 g/mol. The molecule has 0 spiro atoms. The molecule has 3 rings (SSSR count). The van der Waals surface area contributed by atoms with Crippen LogP contribution in [-0.2, 0) is 11.2 Å². The first-order valence-corrected chi connectivity index (χ1v) is 7.37. The maximum atomic E-state index is 11.3. The van der Waals surface area contributed by atoms with Crippen molar-refractivity contribution in [2.24, 2.45) is 0 Å². The third kappa shape index (κ3) is 2.50. The van der Waals surface area contributed by atoms with Crippen molar-refractivity contribution in [3.05, 3.63) is 71.8 Å². The summed E-state index contributed by atoms with van der Waals surface area (Å²) in [6.45, 7) is 4.83. The number of rotatable bonds is 4. The highest BCUT2D eigenvalue weighted by atomic mass is 16.5. The van der Waals surface area contributed by atoms with E-state index in [4.69, 9.17) is 4.74 Å². The Morgan fingerprint density at radius 2 is 1.95 bits per heavy atom. The lowest BCUT2D eigenvalue weighted by atomic mass is 9.88. The smallest absolute Gasteiger partial charge is 0.147 e. The molecule has 3 heteroatoms. The Morgan fingerprint density at radius 1 is 1.23 bits per heavy atom. The van der Waals surface area contributed by atoms with Gasteiger partial charge in [-0.25, -0.2) is 0 Å². The molecule has 0 saturated carbocycles. The standard InChI is InChI=1S/C19H19NO2/c1-14(13-21)19-18-6-4-3-5-15(18)11-12-20(19)16-7-9-17(22-2)10-8-16/h3-10,13,19H,1,11-12H2,2H3/t19-/m1/s1. The molecule has 112 valence electrons. The minimum Gasteiger partial charge on any atom is -0.497 e. The number of aldehydes is 1. The van der Waals surface area contributed by atoms with E-state index < -0.39 is 0 Å². The molecular weight excluding hydrogens is 274 g/mol. The number of hydrogen-bond donors (Lipinski definition) is 0. The van der Waals surface area contributed by atoms with E-state index in [-0.39, 0.29) is 6.04 Å². The summed E-state index contributed by atoms with van der Waals surface area (Å²) in [7, 11) is 1.66. The van der Waals surface area contributed by atoms with Crippen molar-refractivity contribution in [3.8, 4) is 5.75 Å². The van der Waals surface area contributed by atoms with Crippen LogP contribution in [0.1, 0.15) is 17.2 Å². The lowest BCUT2D eigenvalue weighted by Gasteiger charge is -2.39. The number of carbonyl (C=O) groups is 1. The second kappa shape index (κ2) is 6.06. The molecule has 1 aliphatic heterocycles. The van der Waals surface area contributed by atoms with Crippen LogP contribution >= 0.6 is 0 Å². The van der Waals surface area contributed by atoms with Gasteiger partial charge in [0.15, 0.2) is 0 Å². The number of methoxy groups -OCH3 is 1. The summed E-state index contributed by atoms with van der Waals surface area (Å²) in [6.07, 6.45) is 1.83. The largest absolute Gasteiger partial charge is 0.497 e. The molecule has 0 unspecified atom stereocenters. The van der Waals surface area contributed by atoms with Crippen LogP contribution in [0.25, 0.3) is 0 Å². The Morgan fingerprint density at radius 3 is 2.64 bits per heavy atom. The first-order chi connectivity index (χ1) is 10.7. The molecule has 2 aromatic rings. The van der Waals surface area contributed by atoms with Crippen molar-refractivity contribution in [1.82, 2.24) is 0 Å². The van der Waals surface area contributed by atoms with Crippen molar-refractivity contribution < 1.29 is 9.53 Å². The maximum Gasteiger partial charge on any atom is 0.147 e. The average molecular weight is 293 g/mol. The summed E-state index contributed by atoms with van der Waals surface area (Å²) in [5, 5.41) is 0. The maximum absolute atomic E-state index is 11.3. The molecule has 0 radical (unpaired) electrons. The highest BCUT2D eigenvalue weighted by Gasteiger charge is 2.29. The summed E-state index contributed by atoms with van der Waals surface area (Å²) in [6, 6.07) is 16.1. The minimum absolute atomic E-state index is 0.101. The van der Waals surface area contributed by atoms with Crippen molar-refractivity contribution in [2.45, 2.75) is 12.5 Å². The Bertz CT molecular complexity index is 691. The number of carbonyl (C=O) groups excluding carboxylic acids is 1. The van der Waals surface area contributed by atoms with Gasteiger partial charge in [-0.05, 0) is 41.8 Å². The molecule has 3 nitrogen and oxygen atoms in total. The Hall–Kier alpha value is -2.55. The third-order valence-corrected chi connectivity index (χ3v) is 4.19. The number of anilines is 1. The summed E-state index contributed by atoms with van der Waals surface area (Å²) >= 11 is 0. The molecule has 0 N–H and O–H groups in total. The van der Waals surface area contributed by atoms with E-state index in [1.54, 1.807) is 7.11 Å². The van der Waals surface area contributed by atoms with E-state index >= 15 is 0 Å². The van der Waals surface area contributed by atoms with Gasteiger partial charge in [-0.2, -0.15) is 0 Å². The van der Waals surface area contributed by atoms with Gasteiger partial charge in [0.2, 0.25) is 0 Å². The van der Waals surface area contributed by atoms with Crippen LogP contribution in [0.2, 0.25) is 0 Å². The number of hydrogen-bond acceptors (Lipinski definition) is 3.